The van der Waals surface area contributed by atoms with Gasteiger partial charge in [0, 0.05) is 28.1 Å². The van der Waals surface area contributed by atoms with Crippen molar-refractivity contribution in [3.05, 3.63) is 40.0 Å². The maximum Gasteiger partial charge on any atom is 0.252 e. The van der Waals surface area contributed by atoms with Crippen molar-refractivity contribution in [2.75, 3.05) is 13.1 Å². The van der Waals surface area contributed by atoms with E-state index in [1.165, 1.54) is 0 Å². The van der Waals surface area contributed by atoms with Crippen LogP contribution >= 0.6 is 15.9 Å². The smallest absolute Gasteiger partial charge is 0.252 e. The third-order valence-corrected chi connectivity index (χ3v) is 4.03. The highest BCUT2D eigenvalue weighted by Gasteiger charge is 2.19. The summed E-state index contributed by atoms with van der Waals surface area (Å²) >= 11 is 3.45. The maximum atomic E-state index is 12.5. The van der Waals surface area contributed by atoms with Gasteiger partial charge in [0.25, 0.3) is 5.91 Å². The minimum atomic E-state index is -0.0210. The number of carbonyl (C=O) groups excluding carboxylic acids is 1. The Bertz CT molecular complexity index is 665. The van der Waals surface area contributed by atoms with Gasteiger partial charge in [-0.25, -0.2) is 0 Å². The highest BCUT2D eigenvalue weighted by atomic mass is 79.9. The molecule has 3 rings (SSSR count). The van der Waals surface area contributed by atoms with Crippen LogP contribution in [0.25, 0.3) is 10.9 Å². The van der Waals surface area contributed by atoms with Crippen molar-refractivity contribution < 1.29 is 4.79 Å². The number of pyridine rings is 1. The van der Waals surface area contributed by atoms with E-state index in [1.54, 1.807) is 0 Å². The molecule has 0 radical (unpaired) electrons. The third-order valence-electron chi connectivity index (χ3n) is 3.54. The number of aryl methyl sites for hydroxylation is 1. The molecule has 1 amide bonds. The molecular weight excluding hydrogens is 318 g/mol. The summed E-state index contributed by atoms with van der Waals surface area (Å²) in [4.78, 5) is 17.0. The number of rotatable bonds is 2. The lowest BCUT2D eigenvalue weighted by atomic mass is 10.1. The number of nitrogens with zero attached hydrogens (tertiary/aromatic N) is 1. The molecule has 20 heavy (non-hydrogen) atoms. The fourth-order valence-corrected chi connectivity index (χ4v) is 2.92. The number of amides is 1. The molecule has 0 bridgehead atoms. The summed E-state index contributed by atoms with van der Waals surface area (Å²) in [7, 11) is 0. The highest BCUT2D eigenvalue weighted by molar-refractivity contribution is 9.10. The number of nitrogens with one attached hydrogen (secondary N) is 2. The van der Waals surface area contributed by atoms with Gasteiger partial charge in [0.1, 0.15) is 0 Å². The molecule has 1 aliphatic heterocycles. The Kier molecular flexibility index (Phi) is 3.72. The largest absolute Gasteiger partial charge is 0.348 e. The van der Waals surface area contributed by atoms with E-state index in [1.807, 2.05) is 31.2 Å². The predicted molar refractivity (Wildman–Crippen MR) is 82.9 cm³/mol. The summed E-state index contributed by atoms with van der Waals surface area (Å²) in [6.45, 7) is 3.72. The van der Waals surface area contributed by atoms with Gasteiger partial charge in [-0.3, -0.25) is 9.78 Å². The quantitative estimate of drug-likeness (QED) is 0.887. The van der Waals surface area contributed by atoms with Gasteiger partial charge < -0.3 is 10.6 Å². The molecule has 2 aromatic rings. The molecule has 1 aromatic heterocycles. The van der Waals surface area contributed by atoms with Crippen LogP contribution in [0.2, 0.25) is 0 Å². The number of hydrogen-bond acceptors (Lipinski definition) is 3. The lowest BCUT2D eigenvalue weighted by Gasteiger charge is -2.13. The second-order valence-corrected chi connectivity index (χ2v) is 6.05. The van der Waals surface area contributed by atoms with E-state index < -0.39 is 0 Å². The van der Waals surface area contributed by atoms with Crippen molar-refractivity contribution in [1.82, 2.24) is 15.6 Å². The number of carbonyl (C=O) groups is 1. The summed E-state index contributed by atoms with van der Waals surface area (Å²) in [5, 5.41) is 7.22. The standard InChI is InChI=1S/C15H16BrN3O/c1-9-6-13(15(20)19-11-4-5-17-8-11)12-7-10(16)2-3-14(12)18-9/h2-3,6-7,11,17H,4-5,8H2,1H3,(H,19,20). The van der Waals surface area contributed by atoms with Crippen LogP contribution in [0.3, 0.4) is 0 Å². The first-order chi connectivity index (χ1) is 9.63. The second kappa shape index (κ2) is 5.50. The Hall–Kier alpha value is -1.46. The van der Waals surface area contributed by atoms with Crippen LogP contribution in [0.5, 0.6) is 0 Å². The molecule has 5 heteroatoms. The van der Waals surface area contributed by atoms with Crippen molar-refractivity contribution in [1.29, 1.82) is 0 Å². The number of fused-ring (bicyclic) bond motifs is 1. The molecule has 1 aliphatic rings. The predicted octanol–water partition coefficient (Wildman–Crippen LogP) is 2.40. The Balaban J connectivity index is 2.00. The molecule has 4 nitrogen and oxygen atoms in total. The molecule has 0 spiro atoms. The molecule has 1 aromatic carbocycles. The van der Waals surface area contributed by atoms with E-state index in [9.17, 15) is 4.79 Å². The van der Waals surface area contributed by atoms with Gasteiger partial charge in [-0.15, -0.1) is 0 Å². The zero-order valence-corrected chi connectivity index (χ0v) is 12.8. The first kappa shape index (κ1) is 13.5. The molecule has 0 saturated carbocycles. The van der Waals surface area contributed by atoms with Crippen molar-refractivity contribution in [2.45, 2.75) is 19.4 Å². The summed E-state index contributed by atoms with van der Waals surface area (Å²) in [6, 6.07) is 7.89. The van der Waals surface area contributed by atoms with Crippen molar-refractivity contribution in [3.63, 3.8) is 0 Å². The van der Waals surface area contributed by atoms with Gasteiger partial charge in [0.05, 0.1) is 11.1 Å². The van der Waals surface area contributed by atoms with Gasteiger partial charge in [0.15, 0.2) is 0 Å². The molecule has 1 saturated heterocycles. The molecule has 1 fully saturated rings. The number of benzene rings is 1. The zero-order valence-electron chi connectivity index (χ0n) is 11.2. The van der Waals surface area contributed by atoms with Crippen LogP contribution in [-0.4, -0.2) is 30.0 Å². The zero-order chi connectivity index (χ0) is 14.1. The van der Waals surface area contributed by atoms with E-state index >= 15 is 0 Å². The summed E-state index contributed by atoms with van der Waals surface area (Å²) < 4.78 is 0.951. The minimum Gasteiger partial charge on any atom is -0.348 e. The van der Waals surface area contributed by atoms with Crippen LogP contribution in [0.1, 0.15) is 22.5 Å². The SMILES string of the molecule is Cc1cc(C(=O)NC2CCNC2)c2cc(Br)ccc2n1. The first-order valence-electron chi connectivity index (χ1n) is 6.72. The molecule has 2 N–H and O–H groups in total. The Morgan fingerprint density at radius 3 is 3.05 bits per heavy atom. The van der Waals surface area contributed by atoms with E-state index in [-0.39, 0.29) is 11.9 Å². The van der Waals surface area contributed by atoms with Crippen LogP contribution in [0.15, 0.2) is 28.7 Å². The average Bonchev–Trinajstić information content (AvgIpc) is 2.91. The molecular formula is C15H16BrN3O. The molecule has 1 atom stereocenters. The summed E-state index contributed by atoms with van der Waals surface area (Å²) in [6.07, 6.45) is 0.984. The van der Waals surface area contributed by atoms with E-state index in [0.29, 0.717) is 5.56 Å². The lowest BCUT2D eigenvalue weighted by Crippen LogP contribution is -2.36. The molecule has 104 valence electrons. The fourth-order valence-electron chi connectivity index (χ4n) is 2.56. The molecule has 2 heterocycles. The van der Waals surface area contributed by atoms with Crippen molar-refractivity contribution >= 4 is 32.7 Å². The van der Waals surface area contributed by atoms with Crippen LogP contribution < -0.4 is 10.6 Å². The van der Waals surface area contributed by atoms with E-state index in [0.717, 1.165) is 40.6 Å². The van der Waals surface area contributed by atoms with E-state index in [4.69, 9.17) is 0 Å². The molecule has 1 unspecified atom stereocenters. The second-order valence-electron chi connectivity index (χ2n) is 5.14. The summed E-state index contributed by atoms with van der Waals surface area (Å²) in [5.74, 6) is -0.0210. The number of aromatic nitrogens is 1. The fraction of sp³-hybridized carbons (Fsp3) is 0.333. The molecule has 0 aliphatic carbocycles. The van der Waals surface area contributed by atoms with Gasteiger partial charge in [-0.05, 0) is 44.2 Å². The van der Waals surface area contributed by atoms with Crippen LogP contribution in [0.4, 0.5) is 0 Å². The van der Waals surface area contributed by atoms with Gasteiger partial charge in [0.2, 0.25) is 0 Å². The first-order valence-corrected chi connectivity index (χ1v) is 7.51. The normalized spacial score (nSPS) is 18.4. The van der Waals surface area contributed by atoms with Crippen molar-refractivity contribution in [3.8, 4) is 0 Å². The van der Waals surface area contributed by atoms with Gasteiger partial charge in [-0.2, -0.15) is 0 Å². The Morgan fingerprint density at radius 2 is 2.30 bits per heavy atom. The third kappa shape index (κ3) is 2.69. The maximum absolute atomic E-state index is 12.5. The van der Waals surface area contributed by atoms with Gasteiger partial charge in [-0.1, -0.05) is 15.9 Å². The monoisotopic (exact) mass is 333 g/mol. The number of halogens is 1. The Labute approximate surface area is 126 Å². The van der Waals surface area contributed by atoms with Crippen molar-refractivity contribution in [2.24, 2.45) is 0 Å². The number of hydrogen-bond donors (Lipinski definition) is 2. The van der Waals surface area contributed by atoms with Crippen LogP contribution in [0, 0.1) is 6.92 Å². The van der Waals surface area contributed by atoms with Crippen LogP contribution in [-0.2, 0) is 0 Å². The van der Waals surface area contributed by atoms with Gasteiger partial charge >= 0.3 is 0 Å². The lowest BCUT2D eigenvalue weighted by molar-refractivity contribution is 0.0941. The Morgan fingerprint density at radius 1 is 1.45 bits per heavy atom. The minimum absolute atomic E-state index is 0.0210. The van der Waals surface area contributed by atoms with E-state index in [2.05, 4.69) is 31.5 Å². The highest BCUT2D eigenvalue weighted by Crippen LogP contribution is 2.23. The topological polar surface area (TPSA) is 54.0 Å². The average molecular weight is 334 g/mol. The summed E-state index contributed by atoms with van der Waals surface area (Å²) in [5.41, 5.74) is 2.40.